The first-order valence-electron chi connectivity index (χ1n) is 7.67. The van der Waals surface area contributed by atoms with E-state index in [0.29, 0.717) is 18.7 Å². The van der Waals surface area contributed by atoms with Gasteiger partial charge in [0.15, 0.2) is 0 Å². The molecule has 1 saturated heterocycles. The smallest absolute Gasteiger partial charge is 0.252 e. The highest BCUT2D eigenvalue weighted by Crippen LogP contribution is 2.31. The summed E-state index contributed by atoms with van der Waals surface area (Å²) in [6.45, 7) is 0.948. The predicted molar refractivity (Wildman–Crippen MR) is 91.6 cm³/mol. The molecule has 0 N–H and O–H groups in total. The quantitative estimate of drug-likeness (QED) is 0.743. The molecule has 0 bridgehead atoms. The molecule has 3 rings (SSSR count). The van der Waals surface area contributed by atoms with Crippen LogP contribution in [0.15, 0.2) is 40.6 Å². The molecule has 1 aliphatic rings. The standard InChI is InChI=1S/C17H16FNO4S2/c18-13-5-3-4-12(10-13)11-14(17(20)21)15-6-7-16(24-15)25(22,23)19-8-1-2-9-19/h3-7,10-11H,1-2,8-9H2,(H,20,21)/p-1/b14-11-. The Morgan fingerprint density at radius 1 is 1.20 bits per heavy atom. The molecule has 2 aromatic rings. The second-order valence-electron chi connectivity index (χ2n) is 5.63. The van der Waals surface area contributed by atoms with Crippen LogP contribution in [0.2, 0.25) is 0 Å². The largest absolute Gasteiger partial charge is 0.545 e. The molecular weight excluding hydrogens is 365 g/mol. The molecule has 25 heavy (non-hydrogen) atoms. The van der Waals surface area contributed by atoms with Crippen LogP contribution < -0.4 is 5.11 Å². The molecule has 1 fully saturated rings. The maximum absolute atomic E-state index is 13.3. The fourth-order valence-electron chi connectivity index (χ4n) is 2.65. The maximum atomic E-state index is 13.3. The molecule has 0 atom stereocenters. The lowest BCUT2D eigenvalue weighted by atomic mass is 10.1. The van der Waals surface area contributed by atoms with Crippen molar-refractivity contribution in [1.29, 1.82) is 0 Å². The Labute approximate surface area is 149 Å². The Hall–Kier alpha value is -2.03. The fourth-order valence-corrected chi connectivity index (χ4v) is 5.63. The average molecular weight is 380 g/mol. The third-order valence-electron chi connectivity index (χ3n) is 3.89. The molecule has 2 heterocycles. The van der Waals surface area contributed by atoms with E-state index in [2.05, 4.69) is 0 Å². The minimum absolute atomic E-state index is 0.0933. The number of nitrogens with zero attached hydrogens (tertiary/aromatic N) is 1. The lowest BCUT2D eigenvalue weighted by molar-refractivity contribution is -0.295. The third kappa shape index (κ3) is 3.81. The third-order valence-corrected chi connectivity index (χ3v) is 7.37. The van der Waals surface area contributed by atoms with Crippen LogP contribution >= 0.6 is 11.3 Å². The van der Waals surface area contributed by atoms with Gasteiger partial charge in [0, 0.05) is 23.5 Å². The zero-order valence-electron chi connectivity index (χ0n) is 13.1. The van der Waals surface area contributed by atoms with Gasteiger partial charge in [0.2, 0.25) is 0 Å². The van der Waals surface area contributed by atoms with Crippen LogP contribution in [0.4, 0.5) is 4.39 Å². The highest BCUT2D eigenvalue weighted by atomic mass is 32.2. The van der Waals surface area contributed by atoms with E-state index < -0.39 is 21.8 Å². The molecule has 0 radical (unpaired) electrons. The number of hydrogen-bond donors (Lipinski definition) is 0. The molecule has 5 nitrogen and oxygen atoms in total. The summed E-state index contributed by atoms with van der Waals surface area (Å²) in [5.74, 6) is -1.94. The maximum Gasteiger partial charge on any atom is 0.252 e. The number of carboxylic acids is 1. The first-order valence-corrected chi connectivity index (χ1v) is 9.92. The lowest BCUT2D eigenvalue weighted by Crippen LogP contribution is -2.27. The van der Waals surface area contributed by atoms with Crippen LogP contribution in [-0.4, -0.2) is 31.8 Å². The Kier molecular flexibility index (Phi) is 5.03. The van der Waals surface area contributed by atoms with Gasteiger partial charge in [0.1, 0.15) is 10.0 Å². The van der Waals surface area contributed by atoms with Gasteiger partial charge in [-0.05, 0) is 48.7 Å². The van der Waals surface area contributed by atoms with Crippen molar-refractivity contribution in [3.63, 3.8) is 0 Å². The molecule has 0 aliphatic carbocycles. The van der Waals surface area contributed by atoms with Gasteiger partial charge in [0.05, 0.1) is 5.97 Å². The number of halogens is 1. The van der Waals surface area contributed by atoms with E-state index in [4.69, 9.17) is 0 Å². The average Bonchev–Trinajstić information content (AvgIpc) is 3.24. The SMILES string of the molecule is O=C([O-])/C(=C\c1cccc(F)c1)c1ccc(S(=O)(=O)N2CCCC2)s1. The molecular formula is C17H15FNO4S2-. The molecule has 1 aromatic heterocycles. The molecule has 0 unspecified atom stereocenters. The minimum atomic E-state index is -3.61. The zero-order chi connectivity index (χ0) is 18.0. The van der Waals surface area contributed by atoms with Crippen molar-refractivity contribution < 1.29 is 22.7 Å². The predicted octanol–water partition coefficient (Wildman–Crippen LogP) is 1.96. The van der Waals surface area contributed by atoms with Gasteiger partial charge in [-0.25, -0.2) is 12.8 Å². The van der Waals surface area contributed by atoms with E-state index in [-0.39, 0.29) is 14.7 Å². The number of thiophene rings is 1. The number of aliphatic carboxylic acids is 1. The van der Waals surface area contributed by atoms with Gasteiger partial charge in [-0.1, -0.05) is 12.1 Å². The first kappa shape index (κ1) is 17.8. The highest BCUT2D eigenvalue weighted by molar-refractivity contribution is 7.91. The zero-order valence-corrected chi connectivity index (χ0v) is 14.8. The summed E-state index contributed by atoms with van der Waals surface area (Å²) in [6.07, 6.45) is 2.92. The summed E-state index contributed by atoms with van der Waals surface area (Å²) < 4.78 is 39.9. The van der Waals surface area contributed by atoms with Crippen molar-refractivity contribution in [2.75, 3.05) is 13.1 Å². The molecule has 1 aliphatic heterocycles. The van der Waals surface area contributed by atoms with Crippen molar-refractivity contribution in [3.05, 3.63) is 52.7 Å². The topological polar surface area (TPSA) is 77.5 Å². The van der Waals surface area contributed by atoms with Crippen LogP contribution in [0.25, 0.3) is 11.6 Å². The van der Waals surface area contributed by atoms with E-state index in [1.807, 2.05) is 0 Å². The molecule has 8 heteroatoms. The molecule has 0 amide bonds. The van der Waals surface area contributed by atoms with E-state index in [1.54, 1.807) is 6.07 Å². The molecule has 1 aromatic carbocycles. The van der Waals surface area contributed by atoms with Crippen LogP contribution in [0.3, 0.4) is 0 Å². The second-order valence-corrected chi connectivity index (χ2v) is 8.88. The van der Waals surface area contributed by atoms with Gasteiger partial charge < -0.3 is 9.90 Å². The number of hydrogen-bond acceptors (Lipinski definition) is 5. The van der Waals surface area contributed by atoms with Crippen molar-refractivity contribution in [1.82, 2.24) is 4.31 Å². The molecule has 0 spiro atoms. The number of sulfonamides is 1. The van der Waals surface area contributed by atoms with Gasteiger partial charge in [-0.15, -0.1) is 11.3 Å². The fraction of sp³-hybridized carbons (Fsp3) is 0.235. The van der Waals surface area contributed by atoms with E-state index in [0.717, 1.165) is 24.2 Å². The van der Waals surface area contributed by atoms with Gasteiger partial charge >= 0.3 is 0 Å². The summed E-state index contributed by atoms with van der Waals surface area (Å²) in [5.41, 5.74) is 0.176. The summed E-state index contributed by atoms with van der Waals surface area (Å²) in [6, 6.07) is 8.30. The monoisotopic (exact) mass is 380 g/mol. The molecule has 0 saturated carbocycles. The Morgan fingerprint density at radius 3 is 2.56 bits per heavy atom. The number of carboxylic acid groups (broad SMARTS) is 1. The van der Waals surface area contributed by atoms with E-state index in [1.165, 1.54) is 40.7 Å². The Bertz CT molecular complexity index is 928. The summed E-state index contributed by atoms with van der Waals surface area (Å²) >= 11 is 0.874. The number of rotatable bonds is 5. The van der Waals surface area contributed by atoms with Crippen LogP contribution in [0.1, 0.15) is 23.3 Å². The summed E-state index contributed by atoms with van der Waals surface area (Å²) in [7, 11) is -3.61. The number of carbonyl (C=O) groups is 1. The lowest BCUT2D eigenvalue weighted by Gasteiger charge is -2.13. The van der Waals surface area contributed by atoms with Gasteiger partial charge in [-0.2, -0.15) is 4.31 Å². The van der Waals surface area contributed by atoms with Crippen LogP contribution in [0, 0.1) is 5.82 Å². The minimum Gasteiger partial charge on any atom is -0.545 e. The number of benzene rings is 1. The van der Waals surface area contributed by atoms with Crippen molar-refractivity contribution >= 4 is 39.0 Å². The van der Waals surface area contributed by atoms with Gasteiger partial charge in [-0.3, -0.25) is 0 Å². The highest BCUT2D eigenvalue weighted by Gasteiger charge is 2.28. The van der Waals surface area contributed by atoms with Gasteiger partial charge in [0.25, 0.3) is 10.0 Å². The Balaban J connectivity index is 1.97. The first-order chi connectivity index (χ1) is 11.9. The summed E-state index contributed by atoms with van der Waals surface area (Å²) in [4.78, 5) is 11.7. The summed E-state index contributed by atoms with van der Waals surface area (Å²) in [5, 5.41) is 11.5. The Morgan fingerprint density at radius 2 is 1.92 bits per heavy atom. The molecule has 132 valence electrons. The van der Waals surface area contributed by atoms with Crippen LogP contribution in [-0.2, 0) is 14.8 Å². The van der Waals surface area contributed by atoms with E-state index in [9.17, 15) is 22.7 Å². The van der Waals surface area contributed by atoms with Crippen molar-refractivity contribution in [2.45, 2.75) is 17.1 Å². The normalized spacial score (nSPS) is 16.3. The van der Waals surface area contributed by atoms with Crippen molar-refractivity contribution in [2.24, 2.45) is 0 Å². The van der Waals surface area contributed by atoms with Crippen molar-refractivity contribution in [3.8, 4) is 0 Å². The van der Waals surface area contributed by atoms with E-state index >= 15 is 0 Å². The second kappa shape index (κ2) is 7.07. The van der Waals surface area contributed by atoms with Crippen LogP contribution in [0.5, 0.6) is 0 Å². The number of carbonyl (C=O) groups excluding carboxylic acids is 1.